The molecule has 1 aliphatic rings. The molecule has 1 N–H and O–H groups in total. The smallest absolute Gasteiger partial charge is 0.307 e. The van der Waals surface area contributed by atoms with Crippen molar-refractivity contribution >= 4 is 17.6 Å². The third kappa shape index (κ3) is 3.24. The zero-order chi connectivity index (χ0) is 13.1. The molecule has 1 fully saturated rings. The molecule has 4 heteroatoms. The lowest BCUT2D eigenvalue weighted by Crippen LogP contribution is -2.38. The predicted molar refractivity (Wildman–Crippen MR) is 71.8 cm³/mol. The van der Waals surface area contributed by atoms with Gasteiger partial charge in [-0.1, -0.05) is 23.7 Å². The number of likely N-dealkylation sites (tertiary alicyclic amines) is 1. The molecule has 1 heterocycles. The van der Waals surface area contributed by atoms with Crippen LogP contribution in [-0.2, 0) is 11.3 Å². The summed E-state index contributed by atoms with van der Waals surface area (Å²) in [5.41, 5.74) is 2.22. The Bertz CT molecular complexity index is 447. The Hall–Kier alpha value is -1.06. The summed E-state index contributed by atoms with van der Waals surface area (Å²) in [6, 6.07) is 6.04. The van der Waals surface area contributed by atoms with Crippen LogP contribution in [0.25, 0.3) is 0 Å². The minimum absolute atomic E-state index is 0.223. The molecule has 0 radical (unpaired) electrons. The molecular formula is C14H18ClNO2. The van der Waals surface area contributed by atoms with E-state index in [9.17, 15) is 4.79 Å². The van der Waals surface area contributed by atoms with E-state index < -0.39 is 5.97 Å². The lowest BCUT2D eigenvalue weighted by atomic mass is 9.98. The Morgan fingerprint density at radius 1 is 1.56 bits per heavy atom. The Morgan fingerprint density at radius 3 is 3.00 bits per heavy atom. The van der Waals surface area contributed by atoms with Crippen molar-refractivity contribution in [2.75, 3.05) is 13.1 Å². The highest BCUT2D eigenvalue weighted by Crippen LogP contribution is 2.21. The molecule has 0 spiro atoms. The van der Waals surface area contributed by atoms with E-state index in [2.05, 4.69) is 11.0 Å². The summed E-state index contributed by atoms with van der Waals surface area (Å²) in [5, 5.41) is 9.83. The predicted octanol–water partition coefficient (Wildman–Crippen LogP) is 2.95. The van der Waals surface area contributed by atoms with Crippen LogP contribution in [0, 0.1) is 12.8 Å². The largest absolute Gasteiger partial charge is 0.481 e. The summed E-state index contributed by atoms with van der Waals surface area (Å²) < 4.78 is 0. The van der Waals surface area contributed by atoms with Crippen molar-refractivity contribution in [2.45, 2.75) is 26.3 Å². The molecule has 3 nitrogen and oxygen atoms in total. The number of hydrogen-bond acceptors (Lipinski definition) is 2. The van der Waals surface area contributed by atoms with Gasteiger partial charge >= 0.3 is 5.97 Å². The Kier molecular flexibility index (Phi) is 4.25. The number of rotatable bonds is 3. The maximum absolute atomic E-state index is 11.0. The summed E-state index contributed by atoms with van der Waals surface area (Å²) in [6.07, 6.45) is 1.75. The first kappa shape index (κ1) is 13.4. The summed E-state index contributed by atoms with van der Waals surface area (Å²) in [6.45, 7) is 4.37. The van der Waals surface area contributed by atoms with Gasteiger partial charge in [-0.2, -0.15) is 0 Å². The third-order valence-corrected chi connectivity index (χ3v) is 3.90. The van der Waals surface area contributed by atoms with Gasteiger partial charge in [0.25, 0.3) is 0 Å². The zero-order valence-corrected chi connectivity index (χ0v) is 11.3. The molecule has 98 valence electrons. The third-order valence-electron chi connectivity index (χ3n) is 3.50. The summed E-state index contributed by atoms with van der Waals surface area (Å²) in [7, 11) is 0. The fourth-order valence-corrected chi connectivity index (χ4v) is 2.60. The fourth-order valence-electron chi connectivity index (χ4n) is 2.39. The van der Waals surface area contributed by atoms with Crippen LogP contribution in [-0.4, -0.2) is 29.1 Å². The fraction of sp³-hybridized carbons (Fsp3) is 0.500. The second-order valence-electron chi connectivity index (χ2n) is 5.00. The van der Waals surface area contributed by atoms with E-state index >= 15 is 0 Å². The monoisotopic (exact) mass is 267 g/mol. The quantitative estimate of drug-likeness (QED) is 0.915. The number of carboxylic acid groups (broad SMARTS) is 1. The summed E-state index contributed by atoms with van der Waals surface area (Å²) in [4.78, 5) is 13.2. The van der Waals surface area contributed by atoms with E-state index in [0.29, 0.717) is 6.54 Å². The molecule has 0 amide bonds. The standard InChI is InChI=1S/C14H18ClNO2/c1-10-4-5-11(7-13(10)15)8-16-6-2-3-12(9-16)14(17)18/h4-5,7,12H,2-3,6,8-9H2,1H3,(H,17,18). The Morgan fingerprint density at radius 2 is 2.33 bits per heavy atom. The molecule has 0 bridgehead atoms. The van der Waals surface area contributed by atoms with Crippen molar-refractivity contribution < 1.29 is 9.90 Å². The average Bonchev–Trinajstić information content (AvgIpc) is 2.34. The number of nitrogens with zero attached hydrogens (tertiary/aromatic N) is 1. The van der Waals surface area contributed by atoms with E-state index in [0.717, 1.165) is 42.1 Å². The van der Waals surface area contributed by atoms with Crippen LogP contribution >= 0.6 is 11.6 Å². The minimum Gasteiger partial charge on any atom is -0.481 e. The number of benzene rings is 1. The van der Waals surface area contributed by atoms with Crippen molar-refractivity contribution in [2.24, 2.45) is 5.92 Å². The first-order valence-corrected chi connectivity index (χ1v) is 6.64. The topological polar surface area (TPSA) is 40.5 Å². The Labute approximate surface area is 112 Å². The summed E-state index contributed by atoms with van der Waals surface area (Å²) >= 11 is 6.10. The lowest BCUT2D eigenvalue weighted by molar-refractivity contribution is -0.143. The maximum Gasteiger partial charge on any atom is 0.307 e. The van der Waals surface area contributed by atoms with Gasteiger partial charge < -0.3 is 5.11 Å². The van der Waals surface area contributed by atoms with Crippen molar-refractivity contribution in [3.8, 4) is 0 Å². The molecule has 1 saturated heterocycles. The second kappa shape index (κ2) is 5.72. The number of halogens is 1. The van der Waals surface area contributed by atoms with Crippen LogP contribution in [0.4, 0.5) is 0 Å². The highest BCUT2D eigenvalue weighted by Gasteiger charge is 2.25. The minimum atomic E-state index is -0.679. The molecule has 0 aromatic heterocycles. The summed E-state index contributed by atoms with van der Waals surface area (Å²) in [5.74, 6) is -0.902. The second-order valence-corrected chi connectivity index (χ2v) is 5.40. The van der Waals surface area contributed by atoms with Gasteiger partial charge in [0.2, 0.25) is 0 Å². The SMILES string of the molecule is Cc1ccc(CN2CCCC(C(=O)O)C2)cc1Cl. The highest BCUT2D eigenvalue weighted by atomic mass is 35.5. The Balaban J connectivity index is 2.00. The van der Waals surface area contributed by atoms with E-state index in [1.807, 2.05) is 19.1 Å². The first-order valence-electron chi connectivity index (χ1n) is 6.26. The normalized spacial score (nSPS) is 20.9. The van der Waals surface area contributed by atoms with Gasteiger partial charge in [-0.05, 0) is 43.5 Å². The maximum atomic E-state index is 11.0. The van der Waals surface area contributed by atoms with Crippen LogP contribution in [0.15, 0.2) is 18.2 Å². The van der Waals surface area contributed by atoms with Crippen LogP contribution in [0.1, 0.15) is 24.0 Å². The zero-order valence-electron chi connectivity index (χ0n) is 10.5. The van der Waals surface area contributed by atoms with Crippen LogP contribution in [0.5, 0.6) is 0 Å². The molecule has 0 saturated carbocycles. The number of hydrogen-bond donors (Lipinski definition) is 1. The number of carboxylic acids is 1. The molecular weight excluding hydrogens is 250 g/mol. The van der Waals surface area contributed by atoms with E-state index in [1.165, 1.54) is 0 Å². The molecule has 0 aliphatic carbocycles. The average molecular weight is 268 g/mol. The van der Waals surface area contributed by atoms with Gasteiger partial charge in [-0.25, -0.2) is 0 Å². The van der Waals surface area contributed by atoms with Crippen molar-refractivity contribution in [3.05, 3.63) is 34.3 Å². The van der Waals surface area contributed by atoms with Gasteiger partial charge in [-0.15, -0.1) is 0 Å². The molecule has 1 aliphatic heterocycles. The van der Waals surface area contributed by atoms with Gasteiger partial charge in [0.1, 0.15) is 0 Å². The molecule has 18 heavy (non-hydrogen) atoms. The van der Waals surface area contributed by atoms with Crippen LogP contribution in [0.2, 0.25) is 5.02 Å². The van der Waals surface area contributed by atoms with Gasteiger partial charge in [0.05, 0.1) is 5.92 Å². The number of carbonyl (C=O) groups is 1. The van der Waals surface area contributed by atoms with Gasteiger partial charge in [0.15, 0.2) is 0 Å². The van der Waals surface area contributed by atoms with Crippen molar-refractivity contribution in [3.63, 3.8) is 0 Å². The lowest BCUT2D eigenvalue weighted by Gasteiger charge is -2.30. The number of aryl methyl sites for hydroxylation is 1. The van der Waals surface area contributed by atoms with E-state index in [4.69, 9.17) is 16.7 Å². The molecule has 1 aromatic carbocycles. The molecule has 2 rings (SSSR count). The first-order chi connectivity index (χ1) is 8.56. The van der Waals surface area contributed by atoms with Gasteiger partial charge in [-0.3, -0.25) is 9.69 Å². The van der Waals surface area contributed by atoms with Crippen LogP contribution < -0.4 is 0 Å². The molecule has 1 aromatic rings. The van der Waals surface area contributed by atoms with E-state index in [1.54, 1.807) is 0 Å². The highest BCUT2D eigenvalue weighted by molar-refractivity contribution is 6.31. The molecule has 1 unspecified atom stereocenters. The number of aliphatic carboxylic acids is 1. The van der Waals surface area contributed by atoms with E-state index in [-0.39, 0.29) is 5.92 Å². The van der Waals surface area contributed by atoms with Crippen LogP contribution in [0.3, 0.4) is 0 Å². The number of piperidine rings is 1. The molecule has 1 atom stereocenters. The van der Waals surface area contributed by atoms with Crippen molar-refractivity contribution in [1.29, 1.82) is 0 Å². The van der Waals surface area contributed by atoms with Crippen molar-refractivity contribution in [1.82, 2.24) is 4.90 Å². The van der Waals surface area contributed by atoms with Gasteiger partial charge in [0, 0.05) is 18.1 Å².